The average Bonchev–Trinajstić information content (AvgIpc) is 2.48. The van der Waals surface area contributed by atoms with Gasteiger partial charge < -0.3 is 14.8 Å². The van der Waals surface area contributed by atoms with Crippen LogP contribution in [-0.4, -0.2) is 21.3 Å². The van der Waals surface area contributed by atoms with Gasteiger partial charge in [0.2, 0.25) is 0 Å². The summed E-state index contributed by atoms with van der Waals surface area (Å²) < 4.78 is 10.8. The number of benzene rings is 2. The molecule has 1 atom stereocenters. The molecule has 2 rings (SSSR count). The van der Waals surface area contributed by atoms with Crippen molar-refractivity contribution in [2.45, 2.75) is 13.0 Å². The van der Waals surface area contributed by atoms with Gasteiger partial charge in [-0.1, -0.05) is 29.8 Å². The Kier molecular flexibility index (Phi) is 4.64. The zero-order chi connectivity index (χ0) is 14.5. The number of hydrogen-bond acceptors (Lipinski definition) is 3. The molecule has 0 heterocycles. The molecule has 0 amide bonds. The van der Waals surface area contributed by atoms with Crippen molar-refractivity contribution in [1.29, 1.82) is 0 Å². The van der Waals surface area contributed by atoms with Crippen molar-refractivity contribution >= 4 is 0 Å². The van der Waals surface area contributed by atoms with E-state index in [1.165, 1.54) is 11.1 Å². The Morgan fingerprint density at radius 1 is 1.00 bits per heavy atom. The van der Waals surface area contributed by atoms with Gasteiger partial charge in [-0.2, -0.15) is 0 Å². The van der Waals surface area contributed by atoms with Crippen LogP contribution in [0.25, 0.3) is 0 Å². The van der Waals surface area contributed by atoms with Crippen LogP contribution >= 0.6 is 0 Å². The van der Waals surface area contributed by atoms with Crippen molar-refractivity contribution < 1.29 is 9.47 Å². The van der Waals surface area contributed by atoms with Crippen LogP contribution in [0.15, 0.2) is 42.5 Å². The summed E-state index contributed by atoms with van der Waals surface area (Å²) in [5.74, 6) is 1.68. The predicted molar refractivity (Wildman–Crippen MR) is 81.6 cm³/mol. The van der Waals surface area contributed by atoms with Crippen molar-refractivity contribution in [1.82, 2.24) is 5.32 Å². The number of methoxy groups -OCH3 is 2. The number of aryl methyl sites for hydroxylation is 1. The number of hydrogen-bond donors (Lipinski definition) is 1. The zero-order valence-electron chi connectivity index (χ0n) is 12.4. The Hall–Kier alpha value is -2.00. The van der Waals surface area contributed by atoms with Gasteiger partial charge in [-0.15, -0.1) is 0 Å². The summed E-state index contributed by atoms with van der Waals surface area (Å²) in [5, 5.41) is 3.35. The van der Waals surface area contributed by atoms with Gasteiger partial charge in [-0.05, 0) is 37.7 Å². The van der Waals surface area contributed by atoms with E-state index in [9.17, 15) is 0 Å². The lowest BCUT2D eigenvalue weighted by Crippen LogP contribution is -2.18. The standard InChI is InChI=1S/C17H21NO2/c1-12-6-5-7-13(10-12)17(18-2)15-11-14(19-3)8-9-16(15)20-4/h5-11,17-18H,1-4H3. The molecule has 3 nitrogen and oxygen atoms in total. The van der Waals surface area contributed by atoms with Gasteiger partial charge in [-0.25, -0.2) is 0 Å². The lowest BCUT2D eigenvalue weighted by atomic mass is 9.96. The highest BCUT2D eigenvalue weighted by Crippen LogP contribution is 2.33. The Balaban J connectivity index is 2.50. The summed E-state index contributed by atoms with van der Waals surface area (Å²) in [4.78, 5) is 0. The van der Waals surface area contributed by atoms with E-state index in [0.717, 1.165) is 17.1 Å². The normalized spacial score (nSPS) is 12.0. The van der Waals surface area contributed by atoms with E-state index in [-0.39, 0.29) is 6.04 Å². The number of nitrogens with one attached hydrogen (secondary N) is 1. The summed E-state index contributed by atoms with van der Waals surface area (Å²) in [5.41, 5.74) is 3.52. The summed E-state index contributed by atoms with van der Waals surface area (Å²) in [6, 6.07) is 14.4. The number of ether oxygens (including phenoxy) is 2. The van der Waals surface area contributed by atoms with Crippen LogP contribution in [-0.2, 0) is 0 Å². The first-order chi connectivity index (χ1) is 9.69. The van der Waals surface area contributed by atoms with Gasteiger partial charge in [0.05, 0.1) is 20.3 Å². The van der Waals surface area contributed by atoms with Crippen molar-refractivity contribution in [3.63, 3.8) is 0 Å². The first-order valence-corrected chi connectivity index (χ1v) is 6.65. The molecule has 106 valence electrons. The maximum absolute atomic E-state index is 5.48. The molecule has 1 unspecified atom stereocenters. The summed E-state index contributed by atoms with van der Waals surface area (Å²) in [7, 11) is 5.31. The molecule has 3 heteroatoms. The highest BCUT2D eigenvalue weighted by Gasteiger charge is 2.17. The predicted octanol–water partition coefficient (Wildman–Crippen LogP) is 3.32. The monoisotopic (exact) mass is 271 g/mol. The molecule has 1 N–H and O–H groups in total. The third kappa shape index (κ3) is 2.94. The number of rotatable bonds is 5. The Labute approximate surface area is 120 Å². The Morgan fingerprint density at radius 3 is 2.40 bits per heavy atom. The first-order valence-electron chi connectivity index (χ1n) is 6.65. The second-order valence-electron chi connectivity index (χ2n) is 4.74. The average molecular weight is 271 g/mol. The van der Waals surface area contributed by atoms with Gasteiger partial charge in [0.25, 0.3) is 0 Å². The zero-order valence-corrected chi connectivity index (χ0v) is 12.4. The summed E-state index contributed by atoms with van der Waals surface area (Å²) in [6.45, 7) is 2.10. The van der Waals surface area contributed by atoms with Crippen molar-refractivity contribution in [2.24, 2.45) is 0 Å². The second kappa shape index (κ2) is 6.44. The molecule has 2 aromatic rings. The molecule has 0 saturated carbocycles. The smallest absolute Gasteiger partial charge is 0.124 e. The van der Waals surface area contributed by atoms with Crippen molar-refractivity contribution in [3.8, 4) is 11.5 Å². The highest BCUT2D eigenvalue weighted by atomic mass is 16.5. The Morgan fingerprint density at radius 2 is 1.80 bits per heavy atom. The fourth-order valence-corrected chi connectivity index (χ4v) is 2.42. The van der Waals surface area contributed by atoms with Crippen molar-refractivity contribution in [2.75, 3.05) is 21.3 Å². The third-order valence-corrected chi connectivity index (χ3v) is 3.41. The molecule has 0 bridgehead atoms. The molecule has 0 aliphatic heterocycles. The van der Waals surface area contributed by atoms with Gasteiger partial charge in [0.1, 0.15) is 11.5 Å². The molecule has 0 radical (unpaired) electrons. The van der Waals surface area contributed by atoms with Crippen LogP contribution in [0, 0.1) is 6.92 Å². The van der Waals surface area contributed by atoms with Gasteiger partial charge in [0, 0.05) is 5.56 Å². The minimum absolute atomic E-state index is 0.0694. The fourth-order valence-electron chi connectivity index (χ4n) is 2.42. The van der Waals surface area contributed by atoms with E-state index >= 15 is 0 Å². The molecular weight excluding hydrogens is 250 g/mol. The lowest BCUT2D eigenvalue weighted by Gasteiger charge is -2.21. The van der Waals surface area contributed by atoms with E-state index in [2.05, 4.69) is 36.5 Å². The maximum atomic E-state index is 5.48. The van der Waals surface area contributed by atoms with E-state index in [1.807, 2.05) is 25.2 Å². The lowest BCUT2D eigenvalue weighted by molar-refractivity contribution is 0.395. The van der Waals surface area contributed by atoms with Gasteiger partial charge in [-0.3, -0.25) is 0 Å². The molecule has 0 spiro atoms. The van der Waals surface area contributed by atoms with Crippen LogP contribution in [0.4, 0.5) is 0 Å². The van der Waals surface area contributed by atoms with E-state index in [4.69, 9.17) is 9.47 Å². The highest BCUT2D eigenvalue weighted by molar-refractivity contribution is 5.46. The van der Waals surface area contributed by atoms with Crippen LogP contribution in [0.1, 0.15) is 22.7 Å². The SMILES string of the molecule is CNC(c1cccc(C)c1)c1cc(OC)ccc1OC. The summed E-state index contributed by atoms with van der Waals surface area (Å²) in [6.07, 6.45) is 0. The minimum atomic E-state index is 0.0694. The Bertz CT molecular complexity index is 581. The molecule has 0 aliphatic rings. The van der Waals surface area contributed by atoms with E-state index in [1.54, 1.807) is 14.2 Å². The topological polar surface area (TPSA) is 30.5 Å². The van der Waals surface area contributed by atoms with Crippen LogP contribution < -0.4 is 14.8 Å². The maximum Gasteiger partial charge on any atom is 0.124 e. The molecule has 20 heavy (non-hydrogen) atoms. The largest absolute Gasteiger partial charge is 0.497 e. The first kappa shape index (κ1) is 14.4. The van der Waals surface area contributed by atoms with Gasteiger partial charge >= 0.3 is 0 Å². The summed E-state index contributed by atoms with van der Waals surface area (Å²) >= 11 is 0. The molecule has 0 fully saturated rings. The van der Waals surface area contributed by atoms with Crippen LogP contribution in [0.2, 0.25) is 0 Å². The molecule has 0 aliphatic carbocycles. The second-order valence-corrected chi connectivity index (χ2v) is 4.74. The van der Waals surface area contributed by atoms with Crippen LogP contribution in [0.5, 0.6) is 11.5 Å². The van der Waals surface area contributed by atoms with E-state index in [0.29, 0.717) is 0 Å². The van der Waals surface area contributed by atoms with E-state index < -0.39 is 0 Å². The molecule has 0 saturated heterocycles. The van der Waals surface area contributed by atoms with Crippen molar-refractivity contribution in [3.05, 3.63) is 59.2 Å². The minimum Gasteiger partial charge on any atom is -0.497 e. The quantitative estimate of drug-likeness (QED) is 0.905. The fraction of sp³-hybridized carbons (Fsp3) is 0.294. The third-order valence-electron chi connectivity index (χ3n) is 3.41. The molecule has 0 aromatic heterocycles. The molecular formula is C17H21NO2. The van der Waals surface area contributed by atoms with Crippen LogP contribution in [0.3, 0.4) is 0 Å². The molecule has 2 aromatic carbocycles. The van der Waals surface area contributed by atoms with Gasteiger partial charge in [0.15, 0.2) is 0 Å².